The molecule has 0 aliphatic rings. The molecule has 0 amide bonds. The molecule has 136 valence electrons. The highest BCUT2D eigenvalue weighted by atomic mass is 15.2. The predicted molar refractivity (Wildman–Crippen MR) is 109 cm³/mol. The van der Waals surface area contributed by atoms with Crippen LogP contribution in [-0.2, 0) is 6.54 Å². The minimum absolute atomic E-state index is 0.286. The fourth-order valence-electron chi connectivity index (χ4n) is 2.86. The third-order valence-electron chi connectivity index (χ3n) is 4.20. The first-order valence-corrected chi connectivity index (χ1v) is 8.98. The zero-order chi connectivity index (χ0) is 19.2. The second-order valence-corrected chi connectivity index (χ2v) is 6.72. The van der Waals surface area contributed by atoms with Gasteiger partial charge in [-0.25, -0.2) is 4.98 Å². The van der Waals surface area contributed by atoms with Crippen LogP contribution in [-0.4, -0.2) is 16.0 Å². The topological polar surface area (TPSA) is 64.8 Å². The van der Waals surface area contributed by atoms with E-state index in [1.54, 1.807) is 12.1 Å². The van der Waals surface area contributed by atoms with Gasteiger partial charge >= 0.3 is 0 Å². The number of hydrogen-bond donors (Lipinski definition) is 1. The van der Waals surface area contributed by atoms with Crippen LogP contribution in [0, 0.1) is 18.3 Å². The quantitative estimate of drug-likeness (QED) is 0.685. The maximum Gasteiger partial charge on any atom is 0.229 e. The van der Waals surface area contributed by atoms with Gasteiger partial charge in [-0.2, -0.15) is 10.2 Å². The molecular weight excluding hydrogens is 334 g/mol. The zero-order valence-corrected chi connectivity index (χ0v) is 15.8. The normalized spacial score (nSPS) is 10.5. The zero-order valence-electron chi connectivity index (χ0n) is 15.8. The molecule has 0 spiro atoms. The summed E-state index contributed by atoms with van der Waals surface area (Å²) in [5, 5.41) is 12.3. The molecule has 3 aromatic rings. The van der Waals surface area contributed by atoms with Crippen molar-refractivity contribution < 1.29 is 0 Å². The second kappa shape index (κ2) is 8.33. The Morgan fingerprint density at radius 2 is 1.81 bits per heavy atom. The average molecular weight is 357 g/mol. The van der Waals surface area contributed by atoms with Crippen LogP contribution in [0.1, 0.15) is 30.7 Å². The minimum atomic E-state index is 0.286. The molecule has 5 nitrogen and oxygen atoms in total. The molecule has 1 heterocycles. The lowest BCUT2D eigenvalue weighted by molar-refractivity contribution is 0.671. The van der Waals surface area contributed by atoms with Crippen LogP contribution in [0.2, 0.25) is 0 Å². The lowest BCUT2D eigenvalue weighted by atomic mass is 10.2. The van der Waals surface area contributed by atoms with Crippen LogP contribution < -0.4 is 10.2 Å². The number of nitrogens with zero attached hydrogens (tertiary/aromatic N) is 4. The lowest BCUT2D eigenvalue weighted by Gasteiger charge is -2.28. The number of hydrogen-bond acceptors (Lipinski definition) is 5. The highest BCUT2D eigenvalue weighted by Gasteiger charge is 2.15. The summed E-state index contributed by atoms with van der Waals surface area (Å²) in [6.07, 6.45) is 0. The molecule has 0 aliphatic carbocycles. The van der Waals surface area contributed by atoms with Crippen LogP contribution in [0.15, 0.2) is 60.7 Å². The van der Waals surface area contributed by atoms with E-state index in [4.69, 9.17) is 10.2 Å². The third-order valence-corrected chi connectivity index (χ3v) is 4.20. The second-order valence-electron chi connectivity index (χ2n) is 6.72. The Labute approximate surface area is 160 Å². The van der Waals surface area contributed by atoms with Gasteiger partial charge in [0.05, 0.1) is 11.6 Å². The van der Waals surface area contributed by atoms with E-state index >= 15 is 0 Å². The number of nitriles is 1. The Hall–Kier alpha value is -3.39. The Morgan fingerprint density at radius 1 is 1.04 bits per heavy atom. The number of nitrogens with one attached hydrogen (secondary N) is 1. The first-order valence-electron chi connectivity index (χ1n) is 8.98. The Kier molecular flexibility index (Phi) is 5.68. The predicted octanol–water partition coefficient (Wildman–Crippen LogP) is 4.82. The van der Waals surface area contributed by atoms with E-state index in [0.29, 0.717) is 11.5 Å². The van der Waals surface area contributed by atoms with Crippen molar-refractivity contribution in [2.75, 3.05) is 10.2 Å². The molecule has 0 unspecified atom stereocenters. The number of rotatable bonds is 6. The number of benzene rings is 2. The molecule has 0 saturated carbocycles. The molecule has 1 aromatic heterocycles. The summed E-state index contributed by atoms with van der Waals surface area (Å²) in [6, 6.07) is 22.1. The van der Waals surface area contributed by atoms with E-state index in [0.717, 1.165) is 23.7 Å². The van der Waals surface area contributed by atoms with Crippen molar-refractivity contribution in [1.82, 2.24) is 9.97 Å². The molecule has 2 aromatic carbocycles. The summed E-state index contributed by atoms with van der Waals surface area (Å²) in [7, 11) is 0. The Balaban J connectivity index is 1.89. The van der Waals surface area contributed by atoms with Crippen molar-refractivity contribution in [1.29, 1.82) is 5.26 Å². The Bertz CT molecular complexity index is 944. The van der Waals surface area contributed by atoms with Gasteiger partial charge in [-0.15, -0.1) is 0 Å². The van der Waals surface area contributed by atoms with Crippen LogP contribution in [0.5, 0.6) is 0 Å². The van der Waals surface area contributed by atoms with Gasteiger partial charge < -0.3 is 10.2 Å². The summed E-state index contributed by atoms with van der Waals surface area (Å²) in [5.41, 5.74) is 3.52. The highest BCUT2D eigenvalue weighted by molar-refractivity contribution is 5.58. The highest BCUT2D eigenvalue weighted by Crippen LogP contribution is 2.22. The summed E-state index contributed by atoms with van der Waals surface area (Å²) in [6.45, 7) is 7.05. The maximum atomic E-state index is 9.07. The first-order chi connectivity index (χ1) is 13.0. The van der Waals surface area contributed by atoms with Gasteiger partial charge in [0, 0.05) is 30.0 Å². The van der Waals surface area contributed by atoms with Crippen LogP contribution in [0.3, 0.4) is 0 Å². The molecule has 27 heavy (non-hydrogen) atoms. The third kappa shape index (κ3) is 4.83. The molecule has 3 rings (SSSR count). The summed E-state index contributed by atoms with van der Waals surface area (Å²) in [4.78, 5) is 11.5. The van der Waals surface area contributed by atoms with Crippen molar-refractivity contribution >= 4 is 17.5 Å². The smallest absolute Gasteiger partial charge is 0.229 e. The van der Waals surface area contributed by atoms with Crippen molar-refractivity contribution in [3.63, 3.8) is 0 Å². The average Bonchev–Trinajstić information content (AvgIpc) is 2.66. The van der Waals surface area contributed by atoms with Gasteiger partial charge in [-0.05, 0) is 44.5 Å². The number of anilines is 3. The first kappa shape index (κ1) is 18.4. The summed E-state index contributed by atoms with van der Waals surface area (Å²) < 4.78 is 0. The molecule has 0 bridgehead atoms. The standard InChI is InChI=1S/C22H23N5/c1-16(2)27(15-18-8-5-4-6-9-18)21-12-17(3)24-22(26-21)25-20-11-7-10-19(13-20)14-23/h4-13,16H,15H2,1-3H3,(H,24,25,26). The van der Waals surface area contributed by atoms with Gasteiger partial charge in [0.2, 0.25) is 5.95 Å². The largest absolute Gasteiger partial charge is 0.350 e. The maximum absolute atomic E-state index is 9.07. The SMILES string of the molecule is Cc1cc(N(Cc2ccccc2)C(C)C)nc(Nc2cccc(C#N)c2)n1. The number of aromatic nitrogens is 2. The van der Waals surface area contributed by atoms with E-state index < -0.39 is 0 Å². The van der Waals surface area contributed by atoms with E-state index in [1.165, 1.54) is 5.56 Å². The van der Waals surface area contributed by atoms with Gasteiger partial charge in [0.1, 0.15) is 5.82 Å². The van der Waals surface area contributed by atoms with E-state index in [2.05, 4.69) is 47.3 Å². The monoisotopic (exact) mass is 357 g/mol. The van der Waals surface area contributed by atoms with Crippen LogP contribution in [0.4, 0.5) is 17.5 Å². The van der Waals surface area contributed by atoms with Crippen molar-refractivity contribution in [3.8, 4) is 6.07 Å². The lowest BCUT2D eigenvalue weighted by Crippen LogP contribution is -2.31. The molecule has 1 N–H and O–H groups in total. The van der Waals surface area contributed by atoms with E-state index in [1.807, 2.05) is 43.3 Å². The van der Waals surface area contributed by atoms with Crippen molar-refractivity contribution in [2.24, 2.45) is 0 Å². The van der Waals surface area contributed by atoms with Gasteiger partial charge in [-0.1, -0.05) is 36.4 Å². The van der Waals surface area contributed by atoms with E-state index in [9.17, 15) is 0 Å². The molecule has 0 aliphatic heterocycles. The Morgan fingerprint density at radius 3 is 2.52 bits per heavy atom. The van der Waals surface area contributed by atoms with Gasteiger partial charge in [0.25, 0.3) is 0 Å². The molecule has 0 fully saturated rings. The fraction of sp³-hybridized carbons (Fsp3) is 0.227. The molecule has 0 saturated heterocycles. The molecular formula is C22H23N5. The van der Waals surface area contributed by atoms with Crippen LogP contribution in [0.25, 0.3) is 0 Å². The number of aryl methyl sites for hydroxylation is 1. The fourth-order valence-corrected chi connectivity index (χ4v) is 2.86. The summed E-state index contributed by atoms with van der Waals surface area (Å²) >= 11 is 0. The summed E-state index contributed by atoms with van der Waals surface area (Å²) in [5.74, 6) is 1.40. The van der Waals surface area contributed by atoms with Gasteiger partial charge in [-0.3, -0.25) is 0 Å². The van der Waals surface area contributed by atoms with Crippen molar-refractivity contribution in [3.05, 3.63) is 77.5 Å². The van der Waals surface area contributed by atoms with E-state index in [-0.39, 0.29) is 6.04 Å². The minimum Gasteiger partial charge on any atom is -0.350 e. The van der Waals surface area contributed by atoms with Gasteiger partial charge in [0.15, 0.2) is 0 Å². The van der Waals surface area contributed by atoms with Crippen LogP contribution >= 0.6 is 0 Å². The molecule has 5 heteroatoms. The molecule has 0 radical (unpaired) electrons. The van der Waals surface area contributed by atoms with Crippen molar-refractivity contribution in [2.45, 2.75) is 33.4 Å². The molecule has 0 atom stereocenters.